The van der Waals surface area contributed by atoms with Crippen molar-refractivity contribution in [3.8, 4) is 23.0 Å². The van der Waals surface area contributed by atoms with Crippen LogP contribution >= 0.6 is 0 Å². The number of phenols is 3. The molecule has 1 aliphatic carbocycles. The summed E-state index contributed by atoms with van der Waals surface area (Å²) in [6.45, 7) is 1.88. The van der Waals surface area contributed by atoms with Crippen LogP contribution in [0.5, 0.6) is 23.0 Å². The van der Waals surface area contributed by atoms with Gasteiger partial charge in [0.05, 0.1) is 6.10 Å². The van der Waals surface area contributed by atoms with Crippen LogP contribution in [0.2, 0.25) is 0 Å². The van der Waals surface area contributed by atoms with E-state index in [1.54, 1.807) is 0 Å². The zero-order valence-electron chi connectivity index (χ0n) is 19.5. The molecule has 35 heavy (non-hydrogen) atoms. The normalized spacial score (nSPS) is 23.6. The highest BCUT2D eigenvalue weighted by Crippen LogP contribution is 2.45. The van der Waals surface area contributed by atoms with Crippen molar-refractivity contribution >= 4 is 11.0 Å². The van der Waals surface area contributed by atoms with Crippen LogP contribution in [0.1, 0.15) is 68.4 Å². The Morgan fingerprint density at radius 2 is 1.71 bits per heavy atom. The van der Waals surface area contributed by atoms with Crippen molar-refractivity contribution in [2.45, 2.75) is 69.7 Å². The van der Waals surface area contributed by atoms with Gasteiger partial charge in [-0.25, -0.2) is 0 Å². The fourth-order valence-corrected chi connectivity index (χ4v) is 5.57. The second kappa shape index (κ2) is 8.77. The van der Waals surface area contributed by atoms with Gasteiger partial charge in [-0.1, -0.05) is 32.1 Å². The molecule has 5 N–H and O–H groups in total. The fraction of sp³-hybridized carbons (Fsp3) is 0.444. The Balaban J connectivity index is 1.54. The summed E-state index contributed by atoms with van der Waals surface area (Å²) in [4.78, 5) is 12.9. The molecule has 0 amide bonds. The van der Waals surface area contributed by atoms with Crippen molar-refractivity contribution in [3.05, 3.63) is 57.4 Å². The van der Waals surface area contributed by atoms with Crippen LogP contribution in [0.3, 0.4) is 0 Å². The van der Waals surface area contributed by atoms with Crippen molar-refractivity contribution in [1.82, 2.24) is 0 Å². The van der Waals surface area contributed by atoms with E-state index in [1.807, 2.05) is 6.92 Å². The minimum atomic E-state index is -1.44. The standard InChI is InChI=1S/C27H30O8/c1-27(13-14-5-3-2-4-6-14)23(31)10-18-20(35-27)12-21-24(26(18)33)19(30)11-22(34-21)25(32)15-7-16(28)9-17(29)8-15/h7-9,11-12,14,23,25,28-29,31-33H,2-6,10,13H2,1H3. The first-order chi connectivity index (χ1) is 16.6. The lowest BCUT2D eigenvalue weighted by atomic mass is 9.77. The van der Waals surface area contributed by atoms with Crippen LogP contribution in [0.15, 0.2) is 39.5 Å². The summed E-state index contributed by atoms with van der Waals surface area (Å²) < 4.78 is 12.1. The maximum Gasteiger partial charge on any atom is 0.196 e. The second-order valence-corrected chi connectivity index (χ2v) is 10.1. The largest absolute Gasteiger partial charge is 0.508 e. The number of fused-ring (bicyclic) bond motifs is 2. The number of aliphatic hydroxyl groups is 2. The third-order valence-corrected chi connectivity index (χ3v) is 7.45. The molecule has 2 aromatic carbocycles. The molecule has 3 unspecified atom stereocenters. The number of aliphatic hydroxyl groups excluding tert-OH is 2. The van der Waals surface area contributed by atoms with E-state index in [9.17, 15) is 30.3 Å². The molecule has 1 aliphatic heterocycles. The highest BCUT2D eigenvalue weighted by atomic mass is 16.5. The smallest absolute Gasteiger partial charge is 0.196 e. The van der Waals surface area contributed by atoms with Gasteiger partial charge < -0.3 is 34.7 Å². The first-order valence-electron chi connectivity index (χ1n) is 12.1. The molecule has 3 aromatic rings. The molecule has 3 atom stereocenters. The van der Waals surface area contributed by atoms with Crippen LogP contribution in [-0.4, -0.2) is 37.2 Å². The predicted octanol–water partition coefficient (Wildman–Crippen LogP) is 4.02. The van der Waals surface area contributed by atoms with Gasteiger partial charge in [-0.05, 0) is 37.0 Å². The van der Waals surface area contributed by atoms with E-state index < -0.39 is 23.2 Å². The second-order valence-electron chi connectivity index (χ2n) is 10.1. The monoisotopic (exact) mass is 482 g/mol. The van der Waals surface area contributed by atoms with E-state index in [2.05, 4.69) is 0 Å². The maximum atomic E-state index is 12.9. The number of phenolic OH excluding ortho intramolecular Hbond substituents is 3. The van der Waals surface area contributed by atoms with Crippen LogP contribution < -0.4 is 10.2 Å². The van der Waals surface area contributed by atoms with E-state index in [4.69, 9.17) is 9.15 Å². The summed E-state index contributed by atoms with van der Waals surface area (Å²) in [5.74, 6) is -0.134. The molecule has 1 aromatic heterocycles. The quantitative estimate of drug-likeness (QED) is 0.376. The van der Waals surface area contributed by atoms with E-state index in [0.29, 0.717) is 23.7 Å². The number of ether oxygens (including phenoxy) is 1. The van der Waals surface area contributed by atoms with E-state index in [0.717, 1.165) is 25.0 Å². The van der Waals surface area contributed by atoms with Crippen LogP contribution in [0.4, 0.5) is 0 Å². The lowest BCUT2D eigenvalue weighted by Crippen LogP contribution is -2.50. The highest BCUT2D eigenvalue weighted by molar-refractivity contribution is 5.87. The summed E-state index contributed by atoms with van der Waals surface area (Å²) in [7, 11) is 0. The first-order valence-corrected chi connectivity index (χ1v) is 12.1. The van der Waals surface area contributed by atoms with Gasteiger partial charge in [-0.3, -0.25) is 4.79 Å². The molecule has 2 aliphatic rings. The zero-order chi connectivity index (χ0) is 24.9. The molecule has 0 bridgehead atoms. The summed E-state index contributed by atoms with van der Waals surface area (Å²) >= 11 is 0. The Labute approximate surface area is 202 Å². The number of rotatable bonds is 4. The molecule has 0 saturated heterocycles. The van der Waals surface area contributed by atoms with Gasteiger partial charge in [0, 0.05) is 30.2 Å². The third-order valence-electron chi connectivity index (χ3n) is 7.45. The summed E-state index contributed by atoms with van der Waals surface area (Å²) in [6.07, 6.45) is 4.33. The molecule has 5 rings (SSSR count). The molecule has 8 heteroatoms. The van der Waals surface area contributed by atoms with E-state index >= 15 is 0 Å². The highest BCUT2D eigenvalue weighted by Gasteiger charge is 2.43. The van der Waals surface area contributed by atoms with Gasteiger partial charge in [0.25, 0.3) is 0 Å². The lowest BCUT2D eigenvalue weighted by Gasteiger charge is -2.42. The Morgan fingerprint density at radius 3 is 2.40 bits per heavy atom. The molecule has 1 saturated carbocycles. The fourth-order valence-electron chi connectivity index (χ4n) is 5.57. The average molecular weight is 483 g/mol. The van der Waals surface area contributed by atoms with Crippen molar-refractivity contribution < 1.29 is 34.7 Å². The minimum absolute atomic E-state index is 0.0311. The molecule has 0 radical (unpaired) electrons. The third kappa shape index (κ3) is 4.32. The van der Waals surface area contributed by atoms with Crippen LogP contribution in [0, 0.1) is 5.92 Å². The lowest BCUT2D eigenvalue weighted by molar-refractivity contribution is -0.0711. The molecule has 0 spiro atoms. The number of hydrogen-bond acceptors (Lipinski definition) is 8. The molecule has 8 nitrogen and oxygen atoms in total. The summed E-state index contributed by atoms with van der Waals surface area (Å²) in [6, 6.07) is 6.20. The average Bonchev–Trinajstić information content (AvgIpc) is 2.79. The summed E-state index contributed by atoms with van der Waals surface area (Å²) in [5, 5.41) is 52.0. The van der Waals surface area contributed by atoms with Crippen LogP contribution in [0.25, 0.3) is 11.0 Å². The Morgan fingerprint density at radius 1 is 1.03 bits per heavy atom. The van der Waals surface area contributed by atoms with Crippen molar-refractivity contribution in [1.29, 1.82) is 0 Å². The first kappa shape index (κ1) is 23.5. The van der Waals surface area contributed by atoms with Gasteiger partial charge >= 0.3 is 0 Å². The van der Waals surface area contributed by atoms with Crippen molar-refractivity contribution in [3.63, 3.8) is 0 Å². The Kier molecular flexibility index (Phi) is 5.89. The zero-order valence-corrected chi connectivity index (χ0v) is 19.5. The summed E-state index contributed by atoms with van der Waals surface area (Å²) in [5.41, 5.74) is -0.902. The Bertz CT molecular complexity index is 1300. The minimum Gasteiger partial charge on any atom is -0.508 e. The molecular formula is C27H30O8. The van der Waals surface area contributed by atoms with Gasteiger partial charge in [0.15, 0.2) is 5.43 Å². The van der Waals surface area contributed by atoms with E-state index in [-0.39, 0.29) is 46.0 Å². The molecular weight excluding hydrogens is 452 g/mol. The van der Waals surface area contributed by atoms with Gasteiger partial charge in [-0.15, -0.1) is 0 Å². The molecule has 186 valence electrons. The number of aromatic hydroxyl groups is 3. The molecule has 1 fully saturated rings. The van der Waals surface area contributed by atoms with Crippen molar-refractivity contribution in [2.75, 3.05) is 0 Å². The Hall–Kier alpha value is -3.23. The van der Waals surface area contributed by atoms with Crippen LogP contribution in [-0.2, 0) is 6.42 Å². The predicted molar refractivity (Wildman–Crippen MR) is 128 cm³/mol. The van der Waals surface area contributed by atoms with Crippen molar-refractivity contribution in [2.24, 2.45) is 5.92 Å². The van der Waals surface area contributed by atoms with E-state index in [1.165, 1.54) is 37.5 Å². The maximum absolute atomic E-state index is 12.9. The van der Waals surface area contributed by atoms with Gasteiger partial charge in [0.2, 0.25) is 0 Å². The molecule has 2 heterocycles. The number of benzene rings is 2. The van der Waals surface area contributed by atoms with Gasteiger partial charge in [0.1, 0.15) is 51.4 Å². The SMILES string of the molecule is CC1(CC2CCCCC2)Oc2cc3oc(C(O)c4cc(O)cc(O)c4)cc(=O)c3c(O)c2CC1O. The number of hydrogen-bond donors (Lipinski definition) is 5. The topological polar surface area (TPSA) is 141 Å². The van der Waals surface area contributed by atoms with Gasteiger partial charge in [-0.2, -0.15) is 0 Å².